The summed E-state index contributed by atoms with van der Waals surface area (Å²) in [5.74, 6) is -0.901. The van der Waals surface area contributed by atoms with Gasteiger partial charge in [0.25, 0.3) is 0 Å². The molecule has 1 rings (SSSR count). The highest BCUT2D eigenvalue weighted by atomic mass is 16.4. The quantitative estimate of drug-likeness (QED) is 0.647. The number of nitrogens with zero attached hydrogens (tertiary/aromatic N) is 1. The molecule has 0 radical (unpaired) electrons. The standard InChI is InChI=1S/C9H18N2O2/c1-11(7-3-2-4-7)6-5-8(10)9(12)13/h7-8H,2-6,10H2,1H3,(H,12,13). The lowest BCUT2D eigenvalue weighted by Gasteiger charge is -2.34. The Morgan fingerprint density at radius 1 is 1.69 bits per heavy atom. The van der Waals surface area contributed by atoms with Crippen LogP contribution in [0.2, 0.25) is 0 Å². The Kier molecular flexibility index (Phi) is 3.69. The number of hydrogen-bond acceptors (Lipinski definition) is 3. The van der Waals surface area contributed by atoms with Crippen LogP contribution in [0.15, 0.2) is 0 Å². The molecule has 1 unspecified atom stereocenters. The molecule has 4 nitrogen and oxygen atoms in total. The van der Waals surface area contributed by atoms with Crippen LogP contribution in [0.25, 0.3) is 0 Å². The van der Waals surface area contributed by atoms with E-state index >= 15 is 0 Å². The average Bonchev–Trinajstić information content (AvgIpc) is 1.96. The fraction of sp³-hybridized carbons (Fsp3) is 0.889. The maximum atomic E-state index is 10.4. The first-order chi connectivity index (χ1) is 6.11. The maximum Gasteiger partial charge on any atom is 0.320 e. The van der Waals surface area contributed by atoms with Gasteiger partial charge >= 0.3 is 5.97 Å². The predicted molar refractivity (Wildman–Crippen MR) is 50.5 cm³/mol. The molecule has 13 heavy (non-hydrogen) atoms. The molecule has 1 aliphatic rings. The molecule has 0 spiro atoms. The van der Waals surface area contributed by atoms with Crippen molar-refractivity contribution in [2.24, 2.45) is 5.73 Å². The molecule has 4 heteroatoms. The van der Waals surface area contributed by atoms with Crippen LogP contribution in [0.5, 0.6) is 0 Å². The van der Waals surface area contributed by atoms with Crippen LogP contribution in [0.3, 0.4) is 0 Å². The molecule has 0 heterocycles. The third kappa shape index (κ3) is 2.97. The normalized spacial score (nSPS) is 19.9. The molecule has 0 aromatic carbocycles. The summed E-state index contributed by atoms with van der Waals surface area (Å²) < 4.78 is 0. The number of nitrogens with two attached hydrogens (primary N) is 1. The maximum absolute atomic E-state index is 10.4. The van der Waals surface area contributed by atoms with Crippen molar-refractivity contribution in [1.29, 1.82) is 0 Å². The fourth-order valence-corrected chi connectivity index (χ4v) is 1.48. The number of aliphatic carboxylic acids is 1. The van der Waals surface area contributed by atoms with E-state index in [2.05, 4.69) is 4.90 Å². The van der Waals surface area contributed by atoms with Gasteiger partial charge in [-0.1, -0.05) is 6.42 Å². The van der Waals surface area contributed by atoms with Crippen LogP contribution in [-0.4, -0.2) is 41.7 Å². The third-order valence-corrected chi connectivity index (χ3v) is 2.81. The molecule has 0 aromatic heterocycles. The summed E-state index contributed by atoms with van der Waals surface area (Å²) in [5, 5.41) is 8.56. The highest BCUT2D eigenvalue weighted by Gasteiger charge is 2.22. The van der Waals surface area contributed by atoms with Crippen molar-refractivity contribution in [3.63, 3.8) is 0 Å². The molecule has 1 atom stereocenters. The fourth-order valence-electron chi connectivity index (χ4n) is 1.48. The number of carboxylic acids is 1. The molecule has 76 valence electrons. The van der Waals surface area contributed by atoms with Crippen molar-refractivity contribution < 1.29 is 9.90 Å². The Hall–Kier alpha value is -0.610. The van der Waals surface area contributed by atoms with Gasteiger partial charge < -0.3 is 15.7 Å². The number of carboxylic acid groups (broad SMARTS) is 1. The Morgan fingerprint density at radius 2 is 2.31 bits per heavy atom. The van der Waals surface area contributed by atoms with E-state index in [1.807, 2.05) is 7.05 Å². The van der Waals surface area contributed by atoms with E-state index in [9.17, 15) is 4.79 Å². The molecule has 0 aromatic rings. The first kappa shape index (κ1) is 10.5. The van der Waals surface area contributed by atoms with Crippen LogP contribution in [-0.2, 0) is 4.79 Å². The molecule has 3 N–H and O–H groups in total. The predicted octanol–water partition coefficient (Wildman–Crippen LogP) is 0.273. The van der Waals surface area contributed by atoms with Gasteiger partial charge in [-0.2, -0.15) is 0 Å². The topological polar surface area (TPSA) is 66.6 Å². The Balaban J connectivity index is 2.13. The molecule has 0 saturated heterocycles. The molecular weight excluding hydrogens is 168 g/mol. The second-order valence-corrected chi connectivity index (χ2v) is 3.80. The Morgan fingerprint density at radius 3 is 2.69 bits per heavy atom. The van der Waals surface area contributed by atoms with Crippen LogP contribution in [0, 0.1) is 0 Å². The monoisotopic (exact) mass is 186 g/mol. The Labute approximate surface area is 78.7 Å². The van der Waals surface area contributed by atoms with Crippen LogP contribution in [0.4, 0.5) is 0 Å². The van der Waals surface area contributed by atoms with Crippen molar-refractivity contribution in [1.82, 2.24) is 4.90 Å². The van der Waals surface area contributed by atoms with Crippen LogP contribution < -0.4 is 5.73 Å². The summed E-state index contributed by atoms with van der Waals surface area (Å²) in [6.07, 6.45) is 4.35. The largest absolute Gasteiger partial charge is 0.480 e. The second-order valence-electron chi connectivity index (χ2n) is 3.80. The smallest absolute Gasteiger partial charge is 0.320 e. The summed E-state index contributed by atoms with van der Waals surface area (Å²) in [7, 11) is 2.04. The first-order valence-corrected chi connectivity index (χ1v) is 4.80. The molecule has 0 amide bonds. The summed E-state index contributed by atoms with van der Waals surface area (Å²) in [6.45, 7) is 0.790. The van der Waals surface area contributed by atoms with E-state index in [-0.39, 0.29) is 0 Å². The first-order valence-electron chi connectivity index (χ1n) is 4.80. The number of hydrogen-bond donors (Lipinski definition) is 2. The zero-order valence-electron chi connectivity index (χ0n) is 8.07. The molecule has 0 bridgehead atoms. The summed E-state index contributed by atoms with van der Waals surface area (Å²) in [5.41, 5.74) is 5.40. The second kappa shape index (κ2) is 4.58. The Bertz CT molecular complexity index is 180. The van der Waals surface area contributed by atoms with E-state index < -0.39 is 12.0 Å². The van der Waals surface area contributed by atoms with Crippen molar-refractivity contribution in [2.45, 2.75) is 37.8 Å². The SMILES string of the molecule is CN(CCC(N)C(=O)O)C1CCC1. The summed E-state index contributed by atoms with van der Waals surface area (Å²) in [6, 6.07) is -0.0384. The van der Waals surface area contributed by atoms with Gasteiger partial charge in [0.1, 0.15) is 6.04 Å². The zero-order chi connectivity index (χ0) is 9.84. The molecule has 0 aliphatic heterocycles. The van der Waals surface area contributed by atoms with Crippen LogP contribution in [0.1, 0.15) is 25.7 Å². The van der Waals surface area contributed by atoms with Crippen molar-refractivity contribution in [3.8, 4) is 0 Å². The lowest BCUT2D eigenvalue weighted by Crippen LogP contribution is -2.41. The summed E-state index contributed by atoms with van der Waals surface area (Å²) >= 11 is 0. The summed E-state index contributed by atoms with van der Waals surface area (Å²) in [4.78, 5) is 12.6. The van der Waals surface area contributed by atoms with Gasteiger partial charge in [0.15, 0.2) is 0 Å². The lowest BCUT2D eigenvalue weighted by atomic mass is 9.92. The van der Waals surface area contributed by atoms with Crippen molar-refractivity contribution in [2.75, 3.05) is 13.6 Å². The molecule has 1 saturated carbocycles. The minimum atomic E-state index is -0.901. The van der Waals surface area contributed by atoms with Crippen molar-refractivity contribution >= 4 is 5.97 Å². The van der Waals surface area contributed by atoms with Gasteiger partial charge in [-0.25, -0.2) is 0 Å². The van der Waals surface area contributed by atoms with Gasteiger partial charge in [0.2, 0.25) is 0 Å². The third-order valence-electron chi connectivity index (χ3n) is 2.81. The minimum absolute atomic E-state index is 0.544. The number of rotatable bonds is 5. The molecule has 1 fully saturated rings. The van der Waals surface area contributed by atoms with E-state index in [0.29, 0.717) is 12.5 Å². The highest BCUT2D eigenvalue weighted by molar-refractivity contribution is 5.72. The van der Waals surface area contributed by atoms with Gasteiger partial charge in [0.05, 0.1) is 0 Å². The van der Waals surface area contributed by atoms with Crippen molar-refractivity contribution in [3.05, 3.63) is 0 Å². The van der Waals surface area contributed by atoms with E-state index in [1.165, 1.54) is 19.3 Å². The lowest BCUT2D eigenvalue weighted by molar-refractivity contribution is -0.138. The van der Waals surface area contributed by atoms with E-state index in [4.69, 9.17) is 10.8 Å². The highest BCUT2D eigenvalue weighted by Crippen LogP contribution is 2.23. The number of carbonyl (C=O) groups is 1. The molecule has 1 aliphatic carbocycles. The average molecular weight is 186 g/mol. The van der Waals surface area contributed by atoms with Gasteiger partial charge in [-0.05, 0) is 26.3 Å². The minimum Gasteiger partial charge on any atom is -0.480 e. The van der Waals surface area contributed by atoms with Crippen LogP contribution >= 0.6 is 0 Å². The van der Waals surface area contributed by atoms with Gasteiger partial charge in [-0.15, -0.1) is 0 Å². The van der Waals surface area contributed by atoms with E-state index in [1.54, 1.807) is 0 Å². The van der Waals surface area contributed by atoms with Gasteiger partial charge in [-0.3, -0.25) is 4.79 Å². The zero-order valence-corrected chi connectivity index (χ0v) is 8.07. The van der Waals surface area contributed by atoms with Gasteiger partial charge in [0, 0.05) is 12.6 Å². The molecular formula is C9H18N2O2. The van der Waals surface area contributed by atoms with E-state index in [0.717, 1.165) is 6.54 Å².